The lowest BCUT2D eigenvalue weighted by molar-refractivity contribution is 0.225. The number of halogens is 1. The molecule has 0 spiro atoms. The molecule has 1 aromatic heterocycles. The first kappa shape index (κ1) is 12.8. The highest BCUT2D eigenvalue weighted by Gasteiger charge is 2.14. The van der Waals surface area contributed by atoms with Crippen molar-refractivity contribution in [3.05, 3.63) is 34.6 Å². The third-order valence-electron chi connectivity index (χ3n) is 3.11. The molecule has 3 rings (SSSR count). The van der Waals surface area contributed by atoms with Crippen LogP contribution in [-0.4, -0.2) is 41.2 Å². The molecule has 0 aliphatic carbocycles. The lowest BCUT2D eigenvalue weighted by Crippen LogP contribution is -2.43. The average molecular weight is 323 g/mol. The maximum Gasteiger partial charge on any atom is 0.258 e. The molecule has 2 heterocycles. The topological polar surface area (TPSA) is 54.2 Å². The highest BCUT2D eigenvalue weighted by molar-refractivity contribution is 9.10. The predicted molar refractivity (Wildman–Crippen MR) is 75.6 cm³/mol. The van der Waals surface area contributed by atoms with Crippen LogP contribution in [-0.2, 0) is 6.54 Å². The fourth-order valence-corrected chi connectivity index (χ4v) is 2.53. The number of hydrogen-bond acceptors (Lipinski definition) is 5. The molecule has 19 heavy (non-hydrogen) atoms. The Balaban J connectivity index is 1.72. The molecule has 1 aliphatic rings. The van der Waals surface area contributed by atoms with Crippen molar-refractivity contribution in [3.63, 3.8) is 0 Å². The minimum atomic E-state index is 0.575. The van der Waals surface area contributed by atoms with Crippen LogP contribution in [0.25, 0.3) is 11.5 Å². The van der Waals surface area contributed by atoms with Crippen molar-refractivity contribution in [1.29, 1.82) is 0 Å². The summed E-state index contributed by atoms with van der Waals surface area (Å²) in [4.78, 5) is 6.78. The minimum absolute atomic E-state index is 0.575. The first-order valence-corrected chi connectivity index (χ1v) is 7.12. The lowest BCUT2D eigenvalue weighted by atomic mass is 10.2. The van der Waals surface area contributed by atoms with E-state index in [4.69, 9.17) is 4.52 Å². The summed E-state index contributed by atoms with van der Waals surface area (Å²) in [6.07, 6.45) is 0. The van der Waals surface area contributed by atoms with E-state index in [9.17, 15) is 0 Å². The molecule has 1 saturated heterocycles. The second-order valence-corrected chi connectivity index (χ2v) is 5.47. The van der Waals surface area contributed by atoms with Gasteiger partial charge in [-0.15, -0.1) is 0 Å². The van der Waals surface area contributed by atoms with Gasteiger partial charge in [0.1, 0.15) is 0 Å². The highest BCUT2D eigenvalue weighted by atomic mass is 79.9. The van der Waals surface area contributed by atoms with Crippen LogP contribution in [0.4, 0.5) is 0 Å². The molecule has 1 aromatic carbocycles. The Morgan fingerprint density at radius 2 is 2.16 bits per heavy atom. The second kappa shape index (κ2) is 5.81. The van der Waals surface area contributed by atoms with Crippen LogP contribution in [0, 0.1) is 0 Å². The third kappa shape index (κ3) is 3.20. The zero-order valence-electron chi connectivity index (χ0n) is 10.5. The average Bonchev–Trinajstić information content (AvgIpc) is 2.88. The van der Waals surface area contributed by atoms with Gasteiger partial charge in [-0.1, -0.05) is 27.2 Å². The molecule has 0 radical (unpaired) electrons. The van der Waals surface area contributed by atoms with E-state index in [1.807, 2.05) is 24.3 Å². The zero-order valence-corrected chi connectivity index (χ0v) is 12.1. The maximum atomic E-state index is 5.32. The summed E-state index contributed by atoms with van der Waals surface area (Å²) in [5, 5.41) is 7.38. The van der Waals surface area contributed by atoms with Gasteiger partial charge in [-0.3, -0.25) is 4.90 Å². The van der Waals surface area contributed by atoms with Gasteiger partial charge in [0.25, 0.3) is 5.89 Å². The van der Waals surface area contributed by atoms with E-state index in [2.05, 4.69) is 36.3 Å². The Kier molecular flexibility index (Phi) is 3.91. The van der Waals surface area contributed by atoms with Gasteiger partial charge in [0.05, 0.1) is 6.54 Å². The van der Waals surface area contributed by atoms with Crippen LogP contribution in [0.1, 0.15) is 5.82 Å². The van der Waals surface area contributed by atoms with Crippen LogP contribution in [0.3, 0.4) is 0 Å². The van der Waals surface area contributed by atoms with E-state index >= 15 is 0 Å². The first-order chi connectivity index (χ1) is 9.31. The largest absolute Gasteiger partial charge is 0.334 e. The van der Waals surface area contributed by atoms with E-state index in [1.165, 1.54) is 0 Å². The Hall–Kier alpha value is -1.24. The van der Waals surface area contributed by atoms with Gasteiger partial charge in [0.2, 0.25) is 0 Å². The first-order valence-electron chi connectivity index (χ1n) is 6.33. The van der Waals surface area contributed by atoms with Crippen LogP contribution in [0.5, 0.6) is 0 Å². The van der Waals surface area contributed by atoms with Crippen molar-refractivity contribution < 1.29 is 4.52 Å². The van der Waals surface area contributed by atoms with Crippen molar-refractivity contribution in [3.8, 4) is 11.5 Å². The minimum Gasteiger partial charge on any atom is -0.334 e. The van der Waals surface area contributed by atoms with Crippen molar-refractivity contribution in [2.75, 3.05) is 26.2 Å². The normalized spacial score (nSPS) is 16.7. The van der Waals surface area contributed by atoms with Gasteiger partial charge in [0, 0.05) is 36.2 Å². The molecule has 0 unspecified atom stereocenters. The summed E-state index contributed by atoms with van der Waals surface area (Å²) in [5.41, 5.74) is 0.938. The molecular formula is C13H15BrN4O. The Bertz CT molecular complexity index is 551. The fraction of sp³-hybridized carbons (Fsp3) is 0.385. The van der Waals surface area contributed by atoms with Crippen molar-refractivity contribution >= 4 is 15.9 Å². The van der Waals surface area contributed by atoms with Gasteiger partial charge in [0.15, 0.2) is 5.82 Å². The van der Waals surface area contributed by atoms with Gasteiger partial charge >= 0.3 is 0 Å². The maximum absolute atomic E-state index is 5.32. The van der Waals surface area contributed by atoms with Crippen LogP contribution in [0.15, 0.2) is 33.3 Å². The molecule has 100 valence electrons. The molecule has 0 saturated carbocycles. The summed E-state index contributed by atoms with van der Waals surface area (Å²) < 4.78 is 6.33. The number of rotatable bonds is 3. The van der Waals surface area contributed by atoms with E-state index in [-0.39, 0.29) is 0 Å². The summed E-state index contributed by atoms with van der Waals surface area (Å²) >= 11 is 3.44. The lowest BCUT2D eigenvalue weighted by Gasteiger charge is -2.25. The van der Waals surface area contributed by atoms with Crippen molar-refractivity contribution in [1.82, 2.24) is 20.4 Å². The zero-order chi connectivity index (χ0) is 13.1. The van der Waals surface area contributed by atoms with Crippen molar-refractivity contribution in [2.24, 2.45) is 0 Å². The number of piperazine rings is 1. The van der Waals surface area contributed by atoms with Gasteiger partial charge in [-0.25, -0.2) is 0 Å². The van der Waals surface area contributed by atoms with Crippen LogP contribution in [0.2, 0.25) is 0 Å². The number of hydrogen-bond donors (Lipinski definition) is 1. The number of aromatic nitrogens is 2. The summed E-state index contributed by atoms with van der Waals surface area (Å²) in [5.74, 6) is 1.32. The molecule has 1 N–H and O–H groups in total. The standard InChI is InChI=1S/C13H15BrN4O/c14-11-3-1-2-10(8-11)13-16-12(17-19-13)9-18-6-4-15-5-7-18/h1-3,8,15H,4-7,9H2. The molecule has 0 atom stereocenters. The van der Waals surface area contributed by atoms with E-state index in [1.54, 1.807) is 0 Å². The van der Waals surface area contributed by atoms with Gasteiger partial charge < -0.3 is 9.84 Å². The smallest absolute Gasteiger partial charge is 0.258 e. The predicted octanol–water partition coefficient (Wildman–Crippen LogP) is 1.90. The molecular weight excluding hydrogens is 308 g/mol. The molecule has 0 bridgehead atoms. The summed E-state index contributed by atoms with van der Waals surface area (Å²) in [6.45, 7) is 4.85. The molecule has 6 heteroatoms. The number of benzene rings is 1. The van der Waals surface area contributed by atoms with E-state index < -0.39 is 0 Å². The second-order valence-electron chi connectivity index (χ2n) is 4.55. The SMILES string of the molecule is Brc1cccc(-c2nc(CN3CCNCC3)no2)c1. The number of nitrogens with zero attached hydrogens (tertiary/aromatic N) is 3. The Labute approximate surface area is 120 Å². The monoisotopic (exact) mass is 322 g/mol. The highest BCUT2D eigenvalue weighted by Crippen LogP contribution is 2.21. The van der Waals surface area contributed by atoms with E-state index in [0.717, 1.165) is 48.6 Å². The molecule has 2 aromatic rings. The van der Waals surface area contributed by atoms with Gasteiger partial charge in [-0.2, -0.15) is 4.98 Å². The third-order valence-corrected chi connectivity index (χ3v) is 3.61. The molecule has 0 amide bonds. The van der Waals surface area contributed by atoms with Crippen LogP contribution < -0.4 is 5.32 Å². The van der Waals surface area contributed by atoms with E-state index in [0.29, 0.717) is 5.89 Å². The molecule has 1 fully saturated rings. The molecule has 5 nitrogen and oxygen atoms in total. The van der Waals surface area contributed by atoms with Gasteiger partial charge in [-0.05, 0) is 18.2 Å². The molecule has 1 aliphatic heterocycles. The summed E-state index contributed by atoms with van der Waals surface area (Å²) in [6, 6.07) is 7.87. The van der Waals surface area contributed by atoms with Crippen molar-refractivity contribution in [2.45, 2.75) is 6.54 Å². The quantitative estimate of drug-likeness (QED) is 0.935. The Morgan fingerprint density at radius 1 is 1.32 bits per heavy atom. The summed E-state index contributed by atoms with van der Waals surface area (Å²) in [7, 11) is 0. The van der Waals surface area contributed by atoms with Crippen LogP contribution >= 0.6 is 15.9 Å². The Morgan fingerprint density at radius 3 is 2.95 bits per heavy atom. The number of nitrogens with one attached hydrogen (secondary N) is 1. The fourth-order valence-electron chi connectivity index (χ4n) is 2.13.